The van der Waals surface area contributed by atoms with E-state index in [1.165, 1.54) is 6.08 Å². The van der Waals surface area contributed by atoms with Crippen LogP contribution in [-0.4, -0.2) is 12.0 Å². The van der Waals surface area contributed by atoms with Crippen molar-refractivity contribution >= 4 is 17.4 Å². The third kappa shape index (κ3) is 4.13. The number of benzene rings is 1. The second-order valence-electron chi connectivity index (χ2n) is 5.23. The summed E-state index contributed by atoms with van der Waals surface area (Å²) in [4.78, 5) is 4.20. The lowest BCUT2D eigenvalue weighted by Gasteiger charge is -2.21. The lowest BCUT2D eigenvalue weighted by atomic mass is 9.89. The number of allylic oxidation sites excluding steroid dienone is 3. The first kappa shape index (κ1) is 16.6. The maximum absolute atomic E-state index is 12.8. The first-order valence-corrected chi connectivity index (χ1v) is 7.19. The van der Waals surface area contributed by atoms with Gasteiger partial charge in [0.15, 0.2) is 0 Å². The Morgan fingerprint density at radius 1 is 1.41 bits per heavy atom. The quantitative estimate of drug-likeness (QED) is 0.636. The van der Waals surface area contributed by atoms with Gasteiger partial charge in [-0.1, -0.05) is 36.7 Å². The summed E-state index contributed by atoms with van der Waals surface area (Å²) in [6, 6.07) is 7.11. The molecule has 2 rings (SSSR count). The minimum atomic E-state index is -4.36. The van der Waals surface area contributed by atoms with E-state index in [9.17, 15) is 13.2 Å². The molecule has 1 aliphatic rings. The van der Waals surface area contributed by atoms with Crippen molar-refractivity contribution in [2.24, 2.45) is 16.6 Å². The summed E-state index contributed by atoms with van der Waals surface area (Å²) in [5.41, 5.74) is 6.50. The van der Waals surface area contributed by atoms with E-state index >= 15 is 0 Å². The van der Waals surface area contributed by atoms with Gasteiger partial charge in [-0.25, -0.2) is 0 Å². The fraction of sp³-hybridized carbons (Fsp3) is 0.312. The average molecular weight is 329 g/mol. The number of hydrogen-bond acceptors (Lipinski definition) is 1. The molecule has 1 aromatic rings. The Morgan fingerprint density at radius 3 is 2.77 bits per heavy atom. The Hall–Kier alpha value is -1.75. The number of aliphatic imine (C=N–C) groups is 1. The molecule has 1 atom stereocenters. The van der Waals surface area contributed by atoms with Crippen LogP contribution in [-0.2, 0) is 6.54 Å². The Labute approximate surface area is 132 Å². The molecule has 0 aliphatic heterocycles. The van der Waals surface area contributed by atoms with Gasteiger partial charge in [-0.2, -0.15) is 13.2 Å². The number of amidine groups is 1. The first-order valence-electron chi connectivity index (χ1n) is 6.81. The molecule has 6 heteroatoms. The van der Waals surface area contributed by atoms with Crippen LogP contribution in [0, 0.1) is 5.92 Å². The summed E-state index contributed by atoms with van der Waals surface area (Å²) in [6.07, 6.45) is -1.78. The van der Waals surface area contributed by atoms with Gasteiger partial charge in [-0.05, 0) is 41.7 Å². The topological polar surface area (TPSA) is 38.4 Å². The SMILES string of the molecule is CC1CC=C(C(F)(F)F)C=C1C(N)=NCc1cccc(Cl)c1. The van der Waals surface area contributed by atoms with Crippen LogP contribution in [0.4, 0.5) is 13.2 Å². The highest BCUT2D eigenvalue weighted by Crippen LogP contribution is 2.33. The highest BCUT2D eigenvalue weighted by atomic mass is 35.5. The minimum absolute atomic E-state index is 0.0887. The van der Waals surface area contributed by atoms with Crippen molar-refractivity contribution in [3.8, 4) is 0 Å². The molecule has 1 unspecified atom stereocenters. The highest BCUT2D eigenvalue weighted by Gasteiger charge is 2.34. The summed E-state index contributed by atoms with van der Waals surface area (Å²) in [7, 11) is 0. The van der Waals surface area contributed by atoms with Crippen molar-refractivity contribution in [3.63, 3.8) is 0 Å². The van der Waals surface area contributed by atoms with Crippen molar-refractivity contribution in [1.29, 1.82) is 0 Å². The van der Waals surface area contributed by atoms with Crippen molar-refractivity contribution in [1.82, 2.24) is 0 Å². The number of halogens is 4. The second-order valence-corrected chi connectivity index (χ2v) is 5.66. The molecule has 2 N–H and O–H groups in total. The van der Waals surface area contributed by atoms with Crippen LogP contribution in [0.25, 0.3) is 0 Å². The van der Waals surface area contributed by atoms with Gasteiger partial charge in [0.05, 0.1) is 12.1 Å². The summed E-state index contributed by atoms with van der Waals surface area (Å²) in [6.45, 7) is 2.11. The van der Waals surface area contributed by atoms with Gasteiger partial charge in [-0.15, -0.1) is 0 Å². The molecule has 2 nitrogen and oxygen atoms in total. The average Bonchev–Trinajstić information content (AvgIpc) is 2.44. The third-order valence-electron chi connectivity index (χ3n) is 3.48. The van der Waals surface area contributed by atoms with Gasteiger partial charge in [0.25, 0.3) is 0 Å². The van der Waals surface area contributed by atoms with Gasteiger partial charge in [0, 0.05) is 5.02 Å². The standard InChI is InChI=1S/C16H16ClF3N2/c1-10-5-6-12(16(18,19)20)8-14(10)15(21)22-9-11-3-2-4-13(17)7-11/h2-4,6-8,10H,5,9H2,1H3,(H2,21,22). The number of nitrogens with zero attached hydrogens (tertiary/aromatic N) is 1. The molecule has 0 saturated carbocycles. The highest BCUT2D eigenvalue weighted by molar-refractivity contribution is 6.30. The molecule has 0 aromatic heterocycles. The van der Waals surface area contributed by atoms with E-state index in [1.807, 2.05) is 13.0 Å². The molecule has 22 heavy (non-hydrogen) atoms. The van der Waals surface area contributed by atoms with Crippen LogP contribution >= 0.6 is 11.6 Å². The van der Waals surface area contributed by atoms with E-state index in [0.29, 0.717) is 17.0 Å². The molecule has 0 bridgehead atoms. The molecule has 0 fully saturated rings. The van der Waals surface area contributed by atoms with Crippen LogP contribution in [0.2, 0.25) is 5.02 Å². The summed E-state index contributed by atoms with van der Waals surface area (Å²) in [5, 5.41) is 0.582. The Kier molecular flexibility index (Phi) is 4.96. The fourth-order valence-corrected chi connectivity index (χ4v) is 2.44. The van der Waals surface area contributed by atoms with Crippen LogP contribution in [0.15, 0.2) is 52.6 Å². The molecule has 0 spiro atoms. The van der Waals surface area contributed by atoms with Crippen molar-refractivity contribution in [2.75, 3.05) is 0 Å². The van der Waals surface area contributed by atoms with Crippen molar-refractivity contribution < 1.29 is 13.2 Å². The maximum atomic E-state index is 12.8. The number of alkyl halides is 3. The van der Waals surface area contributed by atoms with Gasteiger partial charge in [0.2, 0.25) is 0 Å². The lowest BCUT2D eigenvalue weighted by molar-refractivity contribution is -0.0887. The van der Waals surface area contributed by atoms with E-state index in [2.05, 4.69) is 4.99 Å². The van der Waals surface area contributed by atoms with E-state index in [1.54, 1.807) is 18.2 Å². The van der Waals surface area contributed by atoms with Gasteiger partial charge in [0.1, 0.15) is 5.84 Å². The molecular formula is C16H16ClF3N2. The zero-order valence-corrected chi connectivity index (χ0v) is 12.7. The second kappa shape index (κ2) is 6.57. The monoisotopic (exact) mass is 328 g/mol. The van der Waals surface area contributed by atoms with Gasteiger partial charge in [-0.3, -0.25) is 4.99 Å². The zero-order valence-electron chi connectivity index (χ0n) is 12.0. The molecule has 0 heterocycles. The predicted molar refractivity (Wildman–Crippen MR) is 82.8 cm³/mol. The van der Waals surface area contributed by atoms with Gasteiger partial charge >= 0.3 is 6.18 Å². The normalized spacial score (nSPS) is 19.7. The molecule has 1 aliphatic carbocycles. The first-order chi connectivity index (χ1) is 10.3. The fourth-order valence-electron chi connectivity index (χ4n) is 2.23. The van der Waals surface area contributed by atoms with Crippen LogP contribution in [0.3, 0.4) is 0 Å². The largest absolute Gasteiger partial charge is 0.416 e. The van der Waals surface area contributed by atoms with E-state index in [-0.39, 0.29) is 18.3 Å². The summed E-state index contributed by atoms with van der Waals surface area (Å²) >= 11 is 5.88. The molecule has 0 saturated heterocycles. The Bertz CT molecular complexity index is 645. The number of hydrogen-bond donors (Lipinski definition) is 1. The minimum Gasteiger partial charge on any atom is -0.384 e. The summed E-state index contributed by atoms with van der Waals surface area (Å²) < 4.78 is 38.4. The third-order valence-corrected chi connectivity index (χ3v) is 3.71. The van der Waals surface area contributed by atoms with Crippen LogP contribution in [0.1, 0.15) is 18.9 Å². The van der Waals surface area contributed by atoms with Gasteiger partial charge < -0.3 is 5.73 Å². The molecule has 1 aromatic carbocycles. The maximum Gasteiger partial charge on any atom is 0.416 e. The molecular weight excluding hydrogens is 313 g/mol. The molecule has 118 valence electrons. The summed E-state index contributed by atoms with van der Waals surface area (Å²) in [5.74, 6) is 0.0523. The van der Waals surface area contributed by atoms with Crippen molar-refractivity contribution in [3.05, 3.63) is 58.1 Å². The predicted octanol–water partition coefficient (Wildman–Crippen LogP) is 4.65. The number of rotatable bonds is 3. The molecule has 0 radical (unpaired) electrons. The van der Waals surface area contributed by atoms with Crippen LogP contribution < -0.4 is 5.73 Å². The lowest BCUT2D eigenvalue weighted by Crippen LogP contribution is -2.24. The molecule has 0 amide bonds. The van der Waals surface area contributed by atoms with Crippen LogP contribution in [0.5, 0.6) is 0 Å². The Balaban J connectivity index is 2.20. The van der Waals surface area contributed by atoms with E-state index in [0.717, 1.165) is 11.6 Å². The van der Waals surface area contributed by atoms with E-state index < -0.39 is 11.7 Å². The Morgan fingerprint density at radius 2 is 2.14 bits per heavy atom. The zero-order chi connectivity index (χ0) is 16.3. The number of nitrogens with two attached hydrogens (primary N) is 1. The smallest absolute Gasteiger partial charge is 0.384 e. The van der Waals surface area contributed by atoms with E-state index in [4.69, 9.17) is 17.3 Å². The van der Waals surface area contributed by atoms with Crippen molar-refractivity contribution in [2.45, 2.75) is 26.1 Å².